The van der Waals surface area contributed by atoms with Crippen LogP contribution in [0.25, 0.3) is 10.8 Å². The van der Waals surface area contributed by atoms with E-state index in [1.54, 1.807) is 51.1 Å². The lowest BCUT2D eigenvalue weighted by Gasteiger charge is -2.36. The molecule has 3 amide bonds. The Balaban J connectivity index is 1.46. The number of fused-ring (bicyclic) bond motifs is 1. The number of alkyl carbamates (subject to hydrolysis) is 1. The van der Waals surface area contributed by atoms with Crippen LogP contribution in [0.1, 0.15) is 54.2 Å². The van der Waals surface area contributed by atoms with E-state index in [0.29, 0.717) is 34.2 Å². The van der Waals surface area contributed by atoms with Gasteiger partial charge in [-0.3, -0.25) is 9.59 Å². The fourth-order valence-corrected chi connectivity index (χ4v) is 8.16. The number of nitrogens with one attached hydrogen (secondary N) is 3. The fourth-order valence-electron chi connectivity index (χ4n) is 6.13. The molecule has 2 atom stereocenters. The van der Waals surface area contributed by atoms with Crippen LogP contribution in [0, 0.1) is 0 Å². The molecular weight excluding hydrogens is 719 g/mol. The van der Waals surface area contributed by atoms with Gasteiger partial charge in [-0.1, -0.05) is 109 Å². The van der Waals surface area contributed by atoms with Crippen LogP contribution in [-0.2, 0) is 19.1 Å². The van der Waals surface area contributed by atoms with E-state index in [4.69, 9.17) is 4.74 Å². The number of carboxylic acid groups (broad SMARTS) is 1. The molecule has 0 aliphatic heterocycles. The number of carbonyl (C=O) groups is 4. The first kappa shape index (κ1) is 39.9. The summed E-state index contributed by atoms with van der Waals surface area (Å²) in [5, 5.41) is 19.3. The number of benzene rings is 5. The molecule has 0 saturated carbocycles. The van der Waals surface area contributed by atoms with Crippen molar-refractivity contribution in [2.75, 3.05) is 23.1 Å². The number of ether oxygens (including phenoxy) is 1. The molecular formula is C43H45N3O6S2. The third-order valence-electron chi connectivity index (χ3n) is 8.62. The number of anilines is 1. The number of hydrogen-bond donors (Lipinski definition) is 4. The molecule has 0 radical (unpaired) electrons. The smallest absolute Gasteiger partial charge is 0.408 e. The van der Waals surface area contributed by atoms with Gasteiger partial charge in [0, 0.05) is 17.0 Å². The summed E-state index contributed by atoms with van der Waals surface area (Å²) in [5.74, 6) is -1.29. The Morgan fingerprint density at radius 2 is 1.30 bits per heavy atom. The number of carboxylic acids is 1. The van der Waals surface area contributed by atoms with Gasteiger partial charge in [-0.25, -0.2) is 9.59 Å². The van der Waals surface area contributed by atoms with Crippen molar-refractivity contribution in [3.05, 3.63) is 150 Å². The number of thioether (sulfide) groups is 2. The lowest BCUT2D eigenvalue weighted by molar-refractivity contribution is -0.139. The largest absolute Gasteiger partial charge is 0.480 e. The molecule has 0 aliphatic rings. The standard InChI is InChI=1S/C43H45N3O6S2/c1-42(2,3)52-41(51)46-37(28-54-43(30-16-8-5-9-17-30,31-18-10-6-11-19-31)32-20-12-7-13-21-32)39(48)44-33-23-24-34-29(27-33)15-14-22-35(34)38(47)45-36(40(49)50)25-26-53-4/h5-24,27,36-37H,25-26,28H2,1-4H3,(H,44,48)(H,45,47)(H,46,51)(H,49,50)/t36-,37-/m0/s1. The maximum atomic E-state index is 14.2. The maximum absolute atomic E-state index is 14.2. The molecule has 0 spiro atoms. The van der Waals surface area contributed by atoms with E-state index in [9.17, 15) is 24.3 Å². The molecule has 0 unspecified atom stereocenters. The Hall–Kier alpha value is -5.26. The monoisotopic (exact) mass is 763 g/mol. The minimum Gasteiger partial charge on any atom is -0.480 e. The first-order valence-corrected chi connectivity index (χ1v) is 20.0. The lowest BCUT2D eigenvalue weighted by atomic mass is 9.84. The SMILES string of the molecule is CSCC[C@H](NC(=O)c1cccc2cc(NC(=O)[C@H](CSC(c3ccccc3)(c3ccccc3)c3ccccc3)NC(=O)OC(C)(C)C)ccc12)C(=O)O. The van der Waals surface area contributed by atoms with Crippen molar-refractivity contribution in [3.63, 3.8) is 0 Å². The van der Waals surface area contributed by atoms with Crippen LogP contribution in [0.3, 0.4) is 0 Å². The molecule has 0 saturated heterocycles. The molecule has 0 fully saturated rings. The molecule has 5 aromatic rings. The molecule has 280 valence electrons. The number of carbonyl (C=O) groups excluding carboxylic acids is 3. The highest BCUT2D eigenvalue weighted by molar-refractivity contribution is 8.00. The first-order chi connectivity index (χ1) is 25.9. The molecule has 5 rings (SSSR count). The van der Waals surface area contributed by atoms with E-state index >= 15 is 0 Å². The van der Waals surface area contributed by atoms with E-state index in [0.717, 1.165) is 16.7 Å². The molecule has 0 heterocycles. The third kappa shape index (κ3) is 10.0. The Labute approximate surface area is 324 Å². The van der Waals surface area contributed by atoms with Gasteiger partial charge in [-0.05, 0) is 84.9 Å². The van der Waals surface area contributed by atoms with E-state index in [-0.39, 0.29) is 5.75 Å². The van der Waals surface area contributed by atoms with Gasteiger partial charge in [0.2, 0.25) is 5.91 Å². The summed E-state index contributed by atoms with van der Waals surface area (Å²) in [5.41, 5.74) is 3.02. The number of amides is 3. The van der Waals surface area contributed by atoms with Crippen molar-refractivity contribution in [3.8, 4) is 0 Å². The van der Waals surface area contributed by atoms with Crippen LogP contribution in [-0.4, -0.2) is 64.4 Å². The minimum atomic E-state index is -1.09. The highest BCUT2D eigenvalue weighted by Gasteiger charge is 2.39. The normalized spacial score (nSPS) is 12.7. The van der Waals surface area contributed by atoms with Crippen molar-refractivity contribution in [1.29, 1.82) is 0 Å². The second-order valence-corrected chi connectivity index (χ2v) is 15.9. The van der Waals surface area contributed by atoms with Crippen LogP contribution in [0.5, 0.6) is 0 Å². The van der Waals surface area contributed by atoms with Crippen LogP contribution in [0.2, 0.25) is 0 Å². The predicted octanol–water partition coefficient (Wildman–Crippen LogP) is 8.33. The van der Waals surface area contributed by atoms with Gasteiger partial charge >= 0.3 is 12.1 Å². The Morgan fingerprint density at radius 3 is 1.81 bits per heavy atom. The second-order valence-electron chi connectivity index (χ2n) is 13.7. The Morgan fingerprint density at radius 1 is 0.722 bits per heavy atom. The van der Waals surface area contributed by atoms with Crippen molar-refractivity contribution in [2.45, 2.75) is 49.6 Å². The van der Waals surface area contributed by atoms with Gasteiger partial charge in [-0.2, -0.15) is 11.8 Å². The zero-order valence-corrected chi connectivity index (χ0v) is 32.3. The highest BCUT2D eigenvalue weighted by Crippen LogP contribution is 2.48. The van der Waals surface area contributed by atoms with Gasteiger partial charge in [-0.15, -0.1) is 11.8 Å². The van der Waals surface area contributed by atoms with E-state index in [1.165, 1.54) is 23.5 Å². The van der Waals surface area contributed by atoms with Gasteiger partial charge < -0.3 is 25.8 Å². The zero-order valence-electron chi connectivity index (χ0n) is 30.7. The van der Waals surface area contributed by atoms with Crippen molar-refractivity contribution >= 4 is 63.9 Å². The van der Waals surface area contributed by atoms with Crippen molar-refractivity contribution < 1.29 is 29.0 Å². The van der Waals surface area contributed by atoms with Crippen LogP contribution < -0.4 is 16.0 Å². The molecule has 0 bridgehead atoms. The zero-order chi connectivity index (χ0) is 38.7. The Kier molecular flexibility index (Phi) is 13.4. The number of aliphatic carboxylic acids is 1. The van der Waals surface area contributed by atoms with Crippen molar-refractivity contribution in [2.24, 2.45) is 0 Å². The highest BCUT2D eigenvalue weighted by atomic mass is 32.2. The molecule has 54 heavy (non-hydrogen) atoms. The van der Waals surface area contributed by atoms with E-state index in [1.807, 2.05) is 66.9 Å². The molecule has 5 aromatic carbocycles. The quantitative estimate of drug-likeness (QED) is 0.0783. The fraction of sp³-hybridized carbons (Fsp3) is 0.256. The van der Waals surface area contributed by atoms with E-state index < -0.39 is 46.3 Å². The summed E-state index contributed by atoms with van der Waals surface area (Å²) in [6, 6.07) is 38.5. The van der Waals surface area contributed by atoms with Crippen LogP contribution in [0.15, 0.2) is 127 Å². The number of hydrogen-bond acceptors (Lipinski definition) is 7. The second kappa shape index (κ2) is 18.2. The summed E-state index contributed by atoms with van der Waals surface area (Å²) in [4.78, 5) is 52.5. The molecule has 11 heteroatoms. The van der Waals surface area contributed by atoms with Crippen LogP contribution in [0.4, 0.5) is 10.5 Å². The molecule has 0 aromatic heterocycles. The maximum Gasteiger partial charge on any atom is 0.408 e. The summed E-state index contributed by atoms with van der Waals surface area (Å²) in [7, 11) is 0. The van der Waals surface area contributed by atoms with Gasteiger partial charge in [0.25, 0.3) is 5.91 Å². The molecule has 4 N–H and O–H groups in total. The topological polar surface area (TPSA) is 134 Å². The number of rotatable bonds is 15. The Bertz CT molecular complexity index is 1960. The van der Waals surface area contributed by atoms with Gasteiger partial charge in [0.15, 0.2) is 0 Å². The first-order valence-electron chi connectivity index (χ1n) is 17.6. The average Bonchev–Trinajstić information content (AvgIpc) is 3.16. The van der Waals surface area contributed by atoms with Gasteiger partial charge in [0.1, 0.15) is 17.7 Å². The minimum absolute atomic E-state index is 0.170. The van der Waals surface area contributed by atoms with Crippen LogP contribution >= 0.6 is 23.5 Å². The average molecular weight is 764 g/mol. The van der Waals surface area contributed by atoms with E-state index in [2.05, 4.69) is 52.3 Å². The van der Waals surface area contributed by atoms with Crippen molar-refractivity contribution in [1.82, 2.24) is 10.6 Å². The summed E-state index contributed by atoms with van der Waals surface area (Å²) in [6.45, 7) is 5.28. The van der Waals surface area contributed by atoms with Gasteiger partial charge in [0.05, 0.1) is 4.75 Å². The molecule has 9 nitrogen and oxygen atoms in total. The molecule has 0 aliphatic carbocycles. The predicted molar refractivity (Wildman–Crippen MR) is 219 cm³/mol. The summed E-state index contributed by atoms with van der Waals surface area (Å²) < 4.78 is 4.85. The summed E-state index contributed by atoms with van der Waals surface area (Å²) in [6.07, 6.45) is 1.45. The third-order valence-corrected chi connectivity index (χ3v) is 10.9. The lowest BCUT2D eigenvalue weighted by Crippen LogP contribution is -2.48. The summed E-state index contributed by atoms with van der Waals surface area (Å²) >= 11 is 3.04.